The van der Waals surface area contributed by atoms with Gasteiger partial charge in [0.05, 0.1) is 5.02 Å². The largest absolute Gasteiger partial charge is 0.385 e. The first-order valence-electron chi connectivity index (χ1n) is 10.8. The highest BCUT2D eigenvalue weighted by Gasteiger charge is 2.21. The molecule has 0 aliphatic carbocycles. The van der Waals surface area contributed by atoms with Crippen molar-refractivity contribution < 1.29 is 9.53 Å². The lowest BCUT2D eigenvalue weighted by Crippen LogP contribution is -2.34. The van der Waals surface area contributed by atoms with Gasteiger partial charge in [0.15, 0.2) is 0 Å². The van der Waals surface area contributed by atoms with E-state index in [1.165, 1.54) is 0 Å². The lowest BCUT2D eigenvalue weighted by Gasteiger charge is -2.23. The summed E-state index contributed by atoms with van der Waals surface area (Å²) in [7, 11) is 0. The Balaban J connectivity index is 1.45. The molecule has 4 rings (SSSR count). The zero-order chi connectivity index (χ0) is 20.8. The number of ether oxygens (including phenoxy) is 1. The molecule has 2 aliphatic heterocycles. The van der Waals surface area contributed by atoms with Gasteiger partial charge in [-0.3, -0.25) is 4.79 Å². The van der Waals surface area contributed by atoms with E-state index in [9.17, 15) is 4.79 Å². The standard InChI is InChI=1S/C23H29ClN4O2/c24-21-15-27-22(28-23(29)17-4-8-25-9-5-17)13-20(21)18-2-1-3-19(12-18)26-14-16-6-10-30-11-7-16/h1-3,12-13,15-17,25-26H,4-11,14H2,(H,27,28,29). The van der Waals surface area contributed by atoms with Crippen LogP contribution in [0.5, 0.6) is 0 Å². The smallest absolute Gasteiger partial charge is 0.228 e. The van der Waals surface area contributed by atoms with Crippen LogP contribution in [-0.4, -0.2) is 43.7 Å². The Bertz CT molecular complexity index is 864. The van der Waals surface area contributed by atoms with E-state index in [0.717, 1.165) is 75.3 Å². The monoisotopic (exact) mass is 428 g/mol. The SMILES string of the molecule is O=C(Nc1cc(-c2cccc(NCC3CCOCC3)c2)c(Cl)cn1)C1CCNCC1. The summed E-state index contributed by atoms with van der Waals surface area (Å²) in [5, 5.41) is 10.4. The third-order valence-corrected chi connectivity index (χ3v) is 6.23. The van der Waals surface area contributed by atoms with Crippen molar-refractivity contribution in [2.45, 2.75) is 25.7 Å². The summed E-state index contributed by atoms with van der Waals surface area (Å²) in [6.07, 6.45) is 5.52. The molecule has 0 bridgehead atoms. The molecule has 2 fully saturated rings. The summed E-state index contributed by atoms with van der Waals surface area (Å²) < 4.78 is 5.44. The first kappa shape index (κ1) is 21.1. The minimum absolute atomic E-state index is 0.0316. The highest BCUT2D eigenvalue weighted by atomic mass is 35.5. The Morgan fingerprint density at radius 3 is 2.77 bits per heavy atom. The van der Waals surface area contributed by atoms with Gasteiger partial charge in [-0.2, -0.15) is 0 Å². The van der Waals surface area contributed by atoms with Gasteiger partial charge in [-0.25, -0.2) is 4.98 Å². The van der Waals surface area contributed by atoms with Crippen molar-refractivity contribution in [2.24, 2.45) is 11.8 Å². The Kier molecular flexibility index (Phi) is 7.20. The molecule has 160 valence electrons. The van der Waals surface area contributed by atoms with Gasteiger partial charge in [0, 0.05) is 43.1 Å². The quantitative estimate of drug-likeness (QED) is 0.643. The molecule has 1 aromatic carbocycles. The van der Waals surface area contributed by atoms with Crippen LogP contribution >= 0.6 is 11.6 Å². The van der Waals surface area contributed by atoms with Gasteiger partial charge in [-0.15, -0.1) is 0 Å². The van der Waals surface area contributed by atoms with Crippen molar-refractivity contribution in [1.82, 2.24) is 10.3 Å². The summed E-state index contributed by atoms with van der Waals surface area (Å²) in [6, 6.07) is 10.1. The van der Waals surface area contributed by atoms with E-state index in [1.54, 1.807) is 6.20 Å². The summed E-state index contributed by atoms with van der Waals surface area (Å²) in [5.74, 6) is 1.25. The average Bonchev–Trinajstić information content (AvgIpc) is 2.80. The van der Waals surface area contributed by atoms with Gasteiger partial charge in [0.2, 0.25) is 5.91 Å². The van der Waals surface area contributed by atoms with E-state index in [4.69, 9.17) is 16.3 Å². The molecule has 3 heterocycles. The Hall–Kier alpha value is -2.15. The number of hydrogen-bond donors (Lipinski definition) is 3. The van der Waals surface area contributed by atoms with E-state index >= 15 is 0 Å². The number of carbonyl (C=O) groups excluding carboxylic acids is 1. The van der Waals surface area contributed by atoms with Crippen LogP contribution in [0, 0.1) is 11.8 Å². The van der Waals surface area contributed by atoms with Crippen LogP contribution in [0.15, 0.2) is 36.5 Å². The second-order valence-corrected chi connectivity index (χ2v) is 8.49. The highest BCUT2D eigenvalue weighted by molar-refractivity contribution is 6.33. The number of piperidine rings is 1. The molecule has 7 heteroatoms. The maximum absolute atomic E-state index is 12.6. The Labute approximate surface area is 182 Å². The number of amides is 1. The molecule has 30 heavy (non-hydrogen) atoms. The number of aromatic nitrogens is 1. The number of nitrogens with zero attached hydrogens (tertiary/aromatic N) is 1. The molecule has 2 saturated heterocycles. The Morgan fingerprint density at radius 2 is 1.97 bits per heavy atom. The molecule has 2 aliphatic rings. The molecule has 6 nitrogen and oxygen atoms in total. The van der Waals surface area contributed by atoms with E-state index < -0.39 is 0 Å². The third-order valence-electron chi connectivity index (χ3n) is 5.93. The average molecular weight is 429 g/mol. The zero-order valence-corrected chi connectivity index (χ0v) is 17.9. The second kappa shape index (κ2) is 10.2. The lowest BCUT2D eigenvalue weighted by molar-refractivity contribution is -0.120. The van der Waals surface area contributed by atoms with Crippen molar-refractivity contribution in [1.29, 1.82) is 0 Å². The molecular formula is C23H29ClN4O2. The molecule has 1 aromatic heterocycles. The molecule has 0 unspecified atom stereocenters. The van der Waals surface area contributed by atoms with E-state index in [1.807, 2.05) is 18.2 Å². The van der Waals surface area contributed by atoms with Gasteiger partial charge in [-0.1, -0.05) is 23.7 Å². The molecule has 0 radical (unpaired) electrons. The molecule has 0 saturated carbocycles. The summed E-state index contributed by atoms with van der Waals surface area (Å²) in [6.45, 7) is 4.40. The van der Waals surface area contributed by atoms with E-state index in [2.05, 4.69) is 33.1 Å². The van der Waals surface area contributed by atoms with Crippen LogP contribution in [-0.2, 0) is 9.53 Å². The zero-order valence-electron chi connectivity index (χ0n) is 17.1. The van der Waals surface area contributed by atoms with Crippen LogP contribution in [0.25, 0.3) is 11.1 Å². The normalized spacial score (nSPS) is 18.2. The van der Waals surface area contributed by atoms with Crippen molar-refractivity contribution in [3.8, 4) is 11.1 Å². The van der Waals surface area contributed by atoms with Gasteiger partial charge >= 0.3 is 0 Å². The predicted molar refractivity (Wildman–Crippen MR) is 121 cm³/mol. The Morgan fingerprint density at radius 1 is 1.17 bits per heavy atom. The molecule has 1 amide bonds. The highest BCUT2D eigenvalue weighted by Crippen LogP contribution is 2.31. The van der Waals surface area contributed by atoms with Gasteiger partial charge < -0.3 is 20.7 Å². The molecule has 3 N–H and O–H groups in total. The van der Waals surface area contributed by atoms with Crippen LogP contribution in [0.1, 0.15) is 25.7 Å². The minimum Gasteiger partial charge on any atom is -0.385 e. The fraction of sp³-hybridized carbons (Fsp3) is 0.478. The maximum Gasteiger partial charge on any atom is 0.228 e. The van der Waals surface area contributed by atoms with Crippen LogP contribution in [0.3, 0.4) is 0 Å². The molecule has 0 atom stereocenters. The predicted octanol–water partition coefficient (Wildman–Crippen LogP) is 4.18. The lowest BCUT2D eigenvalue weighted by atomic mass is 9.97. The van der Waals surface area contributed by atoms with E-state index in [0.29, 0.717) is 16.8 Å². The molecular weight excluding hydrogens is 400 g/mol. The number of carbonyl (C=O) groups is 1. The van der Waals surface area contributed by atoms with Gasteiger partial charge in [0.25, 0.3) is 0 Å². The summed E-state index contributed by atoms with van der Waals surface area (Å²) in [4.78, 5) is 16.9. The first-order valence-corrected chi connectivity index (χ1v) is 11.2. The minimum atomic E-state index is 0.0316. The number of hydrogen-bond acceptors (Lipinski definition) is 5. The number of rotatable bonds is 6. The number of anilines is 2. The fourth-order valence-corrected chi connectivity index (χ4v) is 4.26. The number of benzene rings is 1. The van der Waals surface area contributed by atoms with Crippen LogP contribution in [0.4, 0.5) is 11.5 Å². The van der Waals surface area contributed by atoms with Crippen LogP contribution < -0.4 is 16.0 Å². The topological polar surface area (TPSA) is 75.3 Å². The number of pyridine rings is 1. The number of nitrogens with one attached hydrogen (secondary N) is 3. The summed E-state index contributed by atoms with van der Waals surface area (Å²) in [5.41, 5.74) is 2.92. The number of halogens is 1. The molecule has 2 aromatic rings. The van der Waals surface area contributed by atoms with Crippen LogP contribution in [0.2, 0.25) is 5.02 Å². The van der Waals surface area contributed by atoms with Crippen molar-refractivity contribution in [3.63, 3.8) is 0 Å². The first-order chi connectivity index (χ1) is 14.7. The van der Waals surface area contributed by atoms with Crippen molar-refractivity contribution >= 4 is 29.0 Å². The second-order valence-electron chi connectivity index (χ2n) is 8.08. The van der Waals surface area contributed by atoms with Gasteiger partial charge in [0.1, 0.15) is 5.82 Å². The van der Waals surface area contributed by atoms with Gasteiger partial charge in [-0.05, 0) is 68.5 Å². The third kappa shape index (κ3) is 5.50. The fourth-order valence-electron chi connectivity index (χ4n) is 4.05. The van der Waals surface area contributed by atoms with Crippen molar-refractivity contribution in [3.05, 3.63) is 41.6 Å². The molecule has 0 spiro atoms. The van der Waals surface area contributed by atoms with Crippen molar-refractivity contribution in [2.75, 3.05) is 43.5 Å². The summed E-state index contributed by atoms with van der Waals surface area (Å²) >= 11 is 6.45. The van der Waals surface area contributed by atoms with E-state index in [-0.39, 0.29) is 11.8 Å². The maximum atomic E-state index is 12.6.